The van der Waals surface area contributed by atoms with Crippen molar-refractivity contribution in [3.05, 3.63) is 40.4 Å². The molecule has 138 valence electrons. The van der Waals surface area contributed by atoms with Crippen molar-refractivity contribution >= 4 is 39.9 Å². The Kier molecular flexibility index (Phi) is 6.11. The molecule has 0 N–H and O–H groups in total. The Morgan fingerprint density at radius 2 is 2.31 bits per heavy atom. The summed E-state index contributed by atoms with van der Waals surface area (Å²) in [6, 6.07) is 7.16. The van der Waals surface area contributed by atoms with Gasteiger partial charge in [0.2, 0.25) is 11.8 Å². The van der Waals surface area contributed by atoms with Crippen molar-refractivity contribution in [1.29, 1.82) is 0 Å². The van der Waals surface area contributed by atoms with Crippen LogP contribution in [0.2, 0.25) is 5.02 Å². The van der Waals surface area contributed by atoms with Gasteiger partial charge in [-0.25, -0.2) is 4.98 Å². The second-order valence-electron chi connectivity index (χ2n) is 6.07. The maximum absolute atomic E-state index is 12.3. The van der Waals surface area contributed by atoms with E-state index in [2.05, 4.69) is 4.98 Å². The van der Waals surface area contributed by atoms with Gasteiger partial charge in [-0.15, -0.1) is 11.3 Å². The lowest BCUT2D eigenvalue weighted by Crippen LogP contribution is -2.32. The molecule has 2 heterocycles. The van der Waals surface area contributed by atoms with Crippen LogP contribution >= 0.6 is 22.9 Å². The maximum Gasteiger partial charge on any atom is 0.228 e. The van der Waals surface area contributed by atoms with E-state index in [1.807, 2.05) is 17.5 Å². The number of anilines is 1. The zero-order valence-electron chi connectivity index (χ0n) is 14.5. The number of hydrogen-bond donors (Lipinski definition) is 0. The normalized spacial score (nSPS) is 13.9. The molecule has 1 saturated heterocycles. The summed E-state index contributed by atoms with van der Waals surface area (Å²) in [5.41, 5.74) is 0.692. The molecule has 26 heavy (non-hydrogen) atoms. The molecule has 8 heteroatoms. The quantitative estimate of drug-likeness (QED) is 0.725. The van der Waals surface area contributed by atoms with E-state index in [9.17, 15) is 9.59 Å². The van der Waals surface area contributed by atoms with Crippen molar-refractivity contribution in [1.82, 2.24) is 9.88 Å². The Balaban J connectivity index is 1.47. The number of hydrogen-bond acceptors (Lipinski definition) is 5. The predicted octanol–water partition coefficient (Wildman–Crippen LogP) is 3.00. The second-order valence-corrected chi connectivity index (χ2v) is 7.34. The minimum Gasteiger partial charge on any atom is -0.492 e. The molecule has 2 amide bonds. The standard InChI is InChI=1S/C18H20ClN3O3S/c1-21(8-9-25-15-5-2-4-13(19)10-15)17(24)11-14-12-26-18(20-14)22-7-3-6-16(22)23/h2,4-5,10,12H,3,6-9,11H2,1H3. The fraction of sp³-hybridized carbons (Fsp3) is 0.389. The molecule has 2 aromatic rings. The zero-order chi connectivity index (χ0) is 18.5. The number of ether oxygens (including phenoxy) is 1. The van der Waals surface area contributed by atoms with E-state index >= 15 is 0 Å². The maximum atomic E-state index is 12.3. The topological polar surface area (TPSA) is 62.7 Å². The minimum absolute atomic E-state index is 0.0377. The van der Waals surface area contributed by atoms with Gasteiger partial charge in [0.25, 0.3) is 0 Å². The van der Waals surface area contributed by atoms with Crippen LogP contribution in [0.5, 0.6) is 5.75 Å². The van der Waals surface area contributed by atoms with Gasteiger partial charge in [0, 0.05) is 30.4 Å². The molecule has 0 spiro atoms. The van der Waals surface area contributed by atoms with Crippen molar-refractivity contribution in [2.45, 2.75) is 19.3 Å². The summed E-state index contributed by atoms with van der Waals surface area (Å²) in [5, 5.41) is 3.14. The lowest BCUT2D eigenvalue weighted by atomic mass is 10.3. The number of aromatic nitrogens is 1. The second kappa shape index (κ2) is 8.51. The highest BCUT2D eigenvalue weighted by atomic mass is 35.5. The minimum atomic E-state index is -0.0377. The molecule has 0 unspecified atom stereocenters. The van der Waals surface area contributed by atoms with Crippen molar-refractivity contribution in [2.24, 2.45) is 0 Å². The van der Waals surface area contributed by atoms with Crippen LogP contribution in [0.4, 0.5) is 5.13 Å². The summed E-state index contributed by atoms with van der Waals surface area (Å²) in [5.74, 6) is 0.745. The van der Waals surface area contributed by atoms with E-state index in [0.29, 0.717) is 47.7 Å². The number of nitrogens with zero attached hydrogens (tertiary/aromatic N) is 3. The van der Waals surface area contributed by atoms with Crippen molar-refractivity contribution in [3.63, 3.8) is 0 Å². The molecule has 1 aliphatic heterocycles. The molecule has 6 nitrogen and oxygen atoms in total. The van der Waals surface area contributed by atoms with Gasteiger partial charge in [0.1, 0.15) is 12.4 Å². The number of thiazole rings is 1. The highest BCUT2D eigenvalue weighted by Crippen LogP contribution is 2.25. The first-order chi connectivity index (χ1) is 12.5. The van der Waals surface area contributed by atoms with E-state index in [1.54, 1.807) is 29.0 Å². The van der Waals surface area contributed by atoms with Crippen LogP contribution in [0.1, 0.15) is 18.5 Å². The molecule has 0 atom stereocenters. The molecule has 1 aromatic heterocycles. The Hall–Kier alpha value is -2.12. The molecule has 3 rings (SSSR count). The summed E-state index contributed by atoms with van der Waals surface area (Å²) < 4.78 is 5.61. The van der Waals surface area contributed by atoms with Gasteiger partial charge in [0.05, 0.1) is 18.7 Å². The lowest BCUT2D eigenvalue weighted by Gasteiger charge is -2.17. The Bertz CT molecular complexity index is 795. The Labute approximate surface area is 161 Å². The summed E-state index contributed by atoms with van der Waals surface area (Å²) in [6.45, 7) is 1.56. The van der Waals surface area contributed by atoms with E-state index < -0.39 is 0 Å². The number of carbonyl (C=O) groups is 2. The fourth-order valence-corrected chi connectivity index (χ4v) is 3.67. The van der Waals surface area contributed by atoms with E-state index in [1.165, 1.54) is 11.3 Å². The molecule has 1 fully saturated rings. The Morgan fingerprint density at radius 1 is 1.46 bits per heavy atom. The number of benzene rings is 1. The third kappa shape index (κ3) is 4.74. The smallest absolute Gasteiger partial charge is 0.228 e. The molecule has 0 saturated carbocycles. The number of amides is 2. The number of rotatable bonds is 7. The van der Waals surface area contributed by atoms with Gasteiger partial charge in [-0.05, 0) is 24.6 Å². The first-order valence-corrected chi connectivity index (χ1v) is 9.66. The molecule has 0 aliphatic carbocycles. The largest absolute Gasteiger partial charge is 0.492 e. The summed E-state index contributed by atoms with van der Waals surface area (Å²) in [4.78, 5) is 31.8. The fourth-order valence-electron chi connectivity index (χ4n) is 2.62. The van der Waals surface area contributed by atoms with Gasteiger partial charge >= 0.3 is 0 Å². The van der Waals surface area contributed by atoms with Crippen molar-refractivity contribution in [3.8, 4) is 5.75 Å². The van der Waals surface area contributed by atoms with Crippen molar-refractivity contribution in [2.75, 3.05) is 31.6 Å². The number of halogens is 1. The van der Waals surface area contributed by atoms with Gasteiger partial charge in [-0.1, -0.05) is 17.7 Å². The molecular formula is C18H20ClN3O3S. The van der Waals surface area contributed by atoms with Gasteiger partial charge in [-0.2, -0.15) is 0 Å². The first-order valence-electron chi connectivity index (χ1n) is 8.40. The molecule has 0 radical (unpaired) electrons. The van der Waals surface area contributed by atoms with Gasteiger partial charge in [0.15, 0.2) is 5.13 Å². The molecular weight excluding hydrogens is 374 g/mol. The molecule has 0 bridgehead atoms. The molecule has 1 aromatic carbocycles. The lowest BCUT2D eigenvalue weighted by molar-refractivity contribution is -0.129. The summed E-state index contributed by atoms with van der Waals surface area (Å²) >= 11 is 7.32. The van der Waals surface area contributed by atoms with Gasteiger partial charge < -0.3 is 9.64 Å². The van der Waals surface area contributed by atoms with Crippen molar-refractivity contribution < 1.29 is 14.3 Å². The monoisotopic (exact) mass is 393 g/mol. The number of carbonyl (C=O) groups excluding carboxylic acids is 2. The van der Waals surface area contributed by atoms with E-state index in [4.69, 9.17) is 16.3 Å². The summed E-state index contributed by atoms with van der Waals surface area (Å²) in [6.07, 6.45) is 1.65. The first kappa shape index (κ1) is 18.7. The van der Waals surface area contributed by atoms with Crippen LogP contribution in [0, 0.1) is 0 Å². The third-order valence-corrected chi connectivity index (χ3v) is 5.24. The van der Waals surface area contributed by atoms with E-state index in [0.717, 1.165) is 6.42 Å². The highest BCUT2D eigenvalue weighted by Gasteiger charge is 2.24. The highest BCUT2D eigenvalue weighted by molar-refractivity contribution is 7.14. The van der Waals surface area contributed by atoms with Crippen LogP contribution < -0.4 is 9.64 Å². The van der Waals surface area contributed by atoms with Crippen LogP contribution in [0.25, 0.3) is 0 Å². The van der Waals surface area contributed by atoms with E-state index in [-0.39, 0.29) is 18.2 Å². The van der Waals surface area contributed by atoms with Crippen LogP contribution in [0.3, 0.4) is 0 Å². The molecule has 1 aliphatic rings. The zero-order valence-corrected chi connectivity index (χ0v) is 16.1. The number of likely N-dealkylation sites (N-methyl/N-ethyl adjacent to an activating group) is 1. The Morgan fingerprint density at radius 3 is 3.04 bits per heavy atom. The average molecular weight is 394 g/mol. The third-order valence-electron chi connectivity index (χ3n) is 4.09. The SMILES string of the molecule is CN(CCOc1cccc(Cl)c1)C(=O)Cc1csc(N2CCCC2=O)n1. The van der Waals surface area contributed by atoms with Gasteiger partial charge in [-0.3, -0.25) is 14.5 Å². The average Bonchev–Trinajstić information content (AvgIpc) is 3.23. The van der Waals surface area contributed by atoms with Crippen LogP contribution in [-0.2, 0) is 16.0 Å². The summed E-state index contributed by atoms with van der Waals surface area (Å²) in [7, 11) is 1.74. The predicted molar refractivity (Wildman–Crippen MR) is 102 cm³/mol. The van der Waals surface area contributed by atoms with Crippen LogP contribution in [0.15, 0.2) is 29.6 Å². The van der Waals surface area contributed by atoms with Crippen LogP contribution in [-0.4, -0.2) is 48.4 Å².